The molecule has 1 saturated carbocycles. The monoisotopic (exact) mass is 353 g/mol. The predicted octanol–water partition coefficient (Wildman–Crippen LogP) is 4.69. The Morgan fingerprint density at radius 2 is 1.83 bits per heavy atom. The molecule has 6 heteroatoms. The number of hydrogen-bond acceptors (Lipinski definition) is 4. The van der Waals surface area contributed by atoms with Crippen LogP contribution in [0.5, 0.6) is 0 Å². The second-order valence-electron chi connectivity index (χ2n) is 6.23. The van der Waals surface area contributed by atoms with Crippen LogP contribution >= 0.6 is 23.2 Å². The van der Waals surface area contributed by atoms with E-state index in [1.807, 2.05) is 13.8 Å². The first-order chi connectivity index (χ1) is 10.7. The Morgan fingerprint density at radius 1 is 1.22 bits per heavy atom. The molecule has 0 heterocycles. The van der Waals surface area contributed by atoms with Gasteiger partial charge in [0.05, 0.1) is 10.7 Å². The third-order valence-electron chi connectivity index (χ3n) is 3.50. The largest absolute Gasteiger partial charge is 0.507 e. The predicted molar refractivity (Wildman–Crippen MR) is 91.9 cm³/mol. The highest BCUT2D eigenvalue weighted by Crippen LogP contribution is 2.34. The van der Waals surface area contributed by atoms with Gasteiger partial charge < -0.3 is 10.4 Å². The molecule has 0 saturated heterocycles. The summed E-state index contributed by atoms with van der Waals surface area (Å²) in [5.41, 5.74) is 0.0454. The van der Waals surface area contributed by atoms with Gasteiger partial charge in [-0.3, -0.25) is 9.59 Å². The van der Waals surface area contributed by atoms with Crippen molar-refractivity contribution in [2.75, 3.05) is 5.32 Å². The van der Waals surface area contributed by atoms with E-state index >= 15 is 0 Å². The lowest BCUT2D eigenvalue weighted by molar-refractivity contribution is -0.127. The molecule has 0 aromatic heterocycles. The van der Waals surface area contributed by atoms with Crippen LogP contribution in [0.2, 0.25) is 10.0 Å². The first kappa shape index (κ1) is 17.6. The lowest BCUT2D eigenvalue weighted by Crippen LogP contribution is -2.32. The SMILES string of the molecule is CC1(C)CC(=O)C(=C(O)/C=C/Nc2cc(Cl)ccc2Cl)C(=O)C1. The summed E-state index contributed by atoms with van der Waals surface area (Å²) in [6, 6.07) is 4.91. The third kappa shape index (κ3) is 4.36. The molecule has 1 aliphatic rings. The van der Waals surface area contributed by atoms with Gasteiger partial charge in [-0.25, -0.2) is 0 Å². The average Bonchev–Trinajstić information content (AvgIpc) is 2.40. The van der Waals surface area contributed by atoms with E-state index in [4.69, 9.17) is 23.2 Å². The molecule has 1 aliphatic carbocycles. The van der Waals surface area contributed by atoms with Crippen LogP contribution in [0.3, 0.4) is 0 Å². The average molecular weight is 354 g/mol. The van der Waals surface area contributed by atoms with Crippen LogP contribution < -0.4 is 5.32 Å². The zero-order valence-corrected chi connectivity index (χ0v) is 14.3. The first-order valence-corrected chi connectivity index (χ1v) is 7.83. The third-order valence-corrected chi connectivity index (χ3v) is 4.07. The van der Waals surface area contributed by atoms with Crippen LogP contribution in [0.15, 0.2) is 41.8 Å². The number of nitrogens with one attached hydrogen (secondary N) is 1. The van der Waals surface area contributed by atoms with Crippen LogP contribution in [0.4, 0.5) is 5.69 Å². The molecule has 23 heavy (non-hydrogen) atoms. The van der Waals surface area contributed by atoms with E-state index in [1.54, 1.807) is 18.2 Å². The van der Waals surface area contributed by atoms with Crippen molar-refractivity contribution in [1.82, 2.24) is 0 Å². The van der Waals surface area contributed by atoms with Crippen molar-refractivity contribution in [3.8, 4) is 0 Å². The fourth-order valence-electron chi connectivity index (χ4n) is 2.45. The molecule has 0 radical (unpaired) electrons. The highest BCUT2D eigenvalue weighted by molar-refractivity contribution is 6.35. The van der Waals surface area contributed by atoms with Gasteiger partial charge in [0, 0.05) is 24.1 Å². The molecular formula is C17H17Cl2NO3. The minimum absolute atomic E-state index is 0.139. The Balaban J connectivity index is 2.17. The maximum Gasteiger partial charge on any atom is 0.170 e. The van der Waals surface area contributed by atoms with Crippen molar-refractivity contribution in [1.29, 1.82) is 0 Å². The Hall–Kier alpha value is -1.78. The first-order valence-electron chi connectivity index (χ1n) is 7.07. The summed E-state index contributed by atoms with van der Waals surface area (Å²) in [7, 11) is 0. The lowest BCUT2D eigenvalue weighted by atomic mass is 9.74. The summed E-state index contributed by atoms with van der Waals surface area (Å²) in [6.45, 7) is 3.71. The molecular weight excluding hydrogens is 337 g/mol. The van der Waals surface area contributed by atoms with Crippen molar-refractivity contribution < 1.29 is 14.7 Å². The Morgan fingerprint density at radius 3 is 2.43 bits per heavy atom. The van der Waals surface area contributed by atoms with Gasteiger partial charge in [0.1, 0.15) is 11.3 Å². The molecule has 2 rings (SSSR count). The molecule has 0 aliphatic heterocycles. The number of allylic oxidation sites excluding steroid dienone is 2. The molecule has 0 spiro atoms. The molecule has 0 atom stereocenters. The molecule has 2 N–H and O–H groups in total. The van der Waals surface area contributed by atoms with Crippen molar-refractivity contribution in [3.05, 3.63) is 51.9 Å². The standard InChI is InChI=1S/C17H17Cl2NO3/c1-17(2)8-14(22)16(15(23)9-17)13(21)5-6-20-12-7-10(18)3-4-11(12)19/h3-7,20-21H,8-9H2,1-2H3/b6-5+. The van der Waals surface area contributed by atoms with E-state index in [1.165, 1.54) is 12.3 Å². The number of rotatable bonds is 3. The number of ketones is 2. The van der Waals surface area contributed by atoms with Crippen LogP contribution in [0.1, 0.15) is 26.7 Å². The summed E-state index contributed by atoms with van der Waals surface area (Å²) >= 11 is 11.9. The molecule has 1 aromatic carbocycles. The highest BCUT2D eigenvalue weighted by Gasteiger charge is 2.37. The van der Waals surface area contributed by atoms with Gasteiger partial charge in [-0.05, 0) is 29.7 Å². The van der Waals surface area contributed by atoms with E-state index in [2.05, 4.69) is 5.32 Å². The molecule has 122 valence electrons. The Kier molecular flexibility index (Phi) is 5.17. The van der Waals surface area contributed by atoms with E-state index in [-0.39, 0.29) is 41.2 Å². The quantitative estimate of drug-likeness (QED) is 0.470. The van der Waals surface area contributed by atoms with Gasteiger partial charge in [-0.1, -0.05) is 37.0 Å². The number of benzene rings is 1. The van der Waals surface area contributed by atoms with Gasteiger partial charge >= 0.3 is 0 Å². The van der Waals surface area contributed by atoms with E-state index in [0.717, 1.165) is 0 Å². The van der Waals surface area contributed by atoms with Crippen molar-refractivity contribution in [3.63, 3.8) is 0 Å². The fraction of sp³-hybridized carbons (Fsp3) is 0.294. The number of halogens is 2. The second kappa shape index (κ2) is 6.77. The summed E-state index contributed by atoms with van der Waals surface area (Å²) in [4.78, 5) is 24.1. The maximum absolute atomic E-state index is 12.1. The number of anilines is 1. The van der Waals surface area contributed by atoms with E-state index in [9.17, 15) is 14.7 Å². The lowest BCUT2D eigenvalue weighted by Gasteiger charge is -2.28. The highest BCUT2D eigenvalue weighted by atomic mass is 35.5. The summed E-state index contributed by atoms with van der Waals surface area (Å²) in [5, 5.41) is 13.9. The van der Waals surface area contributed by atoms with Crippen molar-refractivity contribution in [2.24, 2.45) is 5.41 Å². The van der Waals surface area contributed by atoms with E-state index < -0.39 is 0 Å². The number of aliphatic hydroxyl groups is 1. The van der Waals surface area contributed by atoms with Gasteiger partial charge in [0.25, 0.3) is 0 Å². The van der Waals surface area contributed by atoms with Crippen LogP contribution in [-0.4, -0.2) is 16.7 Å². The topological polar surface area (TPSA) is 66.4 Å². The zero-order chi connectivity index (χ0) is 17.2. The van der Waals surface area contributed by atoms with Crippen molar-refractivity contribution in [2.45, 2.75) is 26.7 Å². The normalized spacial score (nSPS) is 17.7. The number of hydrogen-bond donors (Lipinski definition) is 2. The molecule has 4 nitrogen and oxygen atoms in total. The van der Waals surface area contributed by atoms with E-state index in [0.29, 0.717) is 15.7 Å². The van der Waals surface area contributed by atoms with Gasteiger partial charge in [-0.2, -0.15) is 0 Å². The zero-order valence-electron chi connectivity index (χ0n) is 12.8. The number of Topliss-reactive ketones (excluding diaryl/α,β-unsaturated/α-hetero) is 2. The molecule has 0 amide bonds. The smallest absolute Gasteiger partial charge is 0.170 e. The summed E-state index contributed by atoms with van der Waals surface area (Å²) in [6.07, 6.45) is 3.14. The van der Waals surface area contributed by atoms with Gasteiger partial charge in [-0.15, -0.1) is 0 Å². The van der Waals surface area contributed by atoms with Crippen LogP contribution in [0.25, 0.3) is 0 Å². The molecule has 0 unspecified atom stereocenters. The van der Waals surface area contributed by atoms with Crippen LogP contribution in [0, 0.1) is 5.41 Å². The Labute approximate surface area is 144 Å². The van der Waals surface area contributed by atoms with Gasteiger partial charge in [0.2, 0.25) is 0 Å². The minimum Gasteiger partial charge on any atom is -0.507 e. The minimum atomic E-state index is -0.367. The fourth-order valence-corrected chi connectivity index (χ4v) is 2.80. The summed E-state index contributed by atoms with van der Waals surface area (Å²) in [5.74, 6) is -1.02. The Bertz CT molecular complexity index is 699. The molecule has 1 aromatic rings. The van der Waals surface area contributed by atoms with Gasteiger partial charge in [0.15, 0.2) is 11.6 Å². The number of carbonyl (C=O) groups is 2. The van der Waals surface area contributed by atoms with Crippen molar-refractivity contribution >= 4 is 40.5 Å². The molecule has 0 bridgehead atoms. The maximum atomic E-state index is 12.1. The molecule has 1 fully saturated rings. The van der Waals surface area contributed by atoms with Crippen LogP contribution in [-0.2, 0) is 9.59 Å². The number of aliphatic hydroxyl groups excluding tert-OH is 1. The second-order valence-corrected chi connectivity index (χ2v) is 7.07. The summed E-state index contributed by atoms with van der Waals surface area (Å²) < 4.78 is 0. The number of carbonyl (C=O) groups excluding carboxylic acids is 2.